The summed E-state index contributed by atoms with van der Waals surface area (Å²) in [7, 11) is 0. The summed E-state index contributed by atoms with van der Waals surface area (Å²) >= 11 is 0. The van der Waals surface area contributed by atoms with Gasteiger partial charge in [-0.3, -0.25) is 9.59 Å². The molecule has 0 fully saturated rings. The second-order valence-electron chi connectivity index (χ2n) is 8.05. The van der Waals surface area contributed by atoms with Crippen LogP contribution in [0.25, 0.3) is 0 Å². The number of esters is 2. The van der Waals surface area contributed by atoms with E-state index in [9.17, 15) is 9.59 Å². The van der Waals surface area contributed by atoms with E-state index in [1.165, 1.54) is 64.2 Å². The summed E-state index contributed by atoms with van der Waals surface area (Å²) in [6.45, 7) is 8.59. The first-order valence-electron chi connectivity index (χ1n) is 11.3. The highest BCUT2D eigenvalue weighted by Crippen LogP contribution is 2.12. The molecule has 0 aromatic rings. The molecule has 0 bridgehead atoms. The third-order valence-electron chi connectivity index (χ3n) is 5.05. The Morgan fingerprint density at radius 3 is 1.59 bits per heavy atom. The number of carbonyl (C=O) groups excluding carboxylic acids is 2. The summed E-state index contributed by atoms with van der Waals surface area (Å²) < 4.78 is 10.4. The number of unbranched alkanes of at least 4 members (excludes halogenated alkanes) is 11. The standard InChI is InChI=1S/C23H44O4/c1-5-6-7-8-9-10-11-12-13-14-15-16-19-26-22(24)17-18-23(25)27-21(4)20(2)3/h20-21H,5-19H2,1-4H3. The van der Waals surface area contributed by atoms with E-state index in [0.717, 1.165) is 12.8 Å². The molecule has 0 spiro atoms. The van der Waals surface area contributed by atoms with Gasteiger partial charge in [0.15, 0.2) is 0 Å². The van der Waals surface area contributed by atoms with Crippen molar-refractivity contribution in [3.63, 3.8) is 0 Å². The van der Waals surface area contributed by atoms with Crippen LogP contribution in [0.4, 0.5) is 0 Å². The Morgan fingerprint density at radius 1 is 0.667 bits per heavy atom. The summed E-state index contributed by atoms with van der Waals surface area (Å²) in [5.74, 6) is -0.336. The highest BCUT2D eigenvalue weighted by Gasteiger charge is 2.14. The molecular formula is C23H44O4. The molecule has 0 aliphatic rings. The minimum Gasteiger partial charge on any atom is -0.466 e. The summed E-state index contributed by atoms with van der Waals surface area (Å²) in [5, 5.41) is 0. The molecule has 0 saturated heterocycles. The Kier molecular flexibility index (Phi) is 17.6. The Hall–Kier alpha value is -1.06. The number of hydrogen-bond acceptors (Lipinski definition) is 4. The Balaban J connectivity index is 3.35. The second kappa shape index (κ2) is 18.3. The number of hydrogen-bond donors (Lipinski definition) is 0. The zero-order chi connectivity index (χ0) is 20.3. The lowest BCUT2D eigenvalue weighted by molar-refractivity contribution is -0.154. The molecule has 0 N–H and O–H groups in total. The third kappa shape index (κ3) is 18.1. The lowest BCUT2D eigenvalue weighted by Gasteiger charge is -2.16. The molecule has 0 saturated carbocycles. The van der Waals surface area contributed by atoms with Crippen molar-refractivity contribution in [3.8, 4) is 0 Å². The molecule has 0 heterocycles. The maximum absolute atomic E-state index is 11.6. The van der Waals surface area contributed by atoms with Crippen LogP contribution in [0.3, 0.4) is 0 Å². The zero-order valence-electron chi connectivity index (χ0n) is 18.4. The van der Waals surface area contributed by atoms with E-state index < -0.39 is 0 Å². The molecule has 0 aromatic heterocycles. The Bertz CT molecular complexity index is 365. The Labute approximate surface area is 167 Å². The molecule has 4 nitrogen and oxygen atoms in total. The van der Waals surface area contributed by atoms with Crippen LogP contribution in [0.15, 0.2) is 0 Å². The first-order chi connectivity index (χ1) is 13.0. The molecule has 0 amide bonds. The highest BCUT2D eigenvalue weighted by atomic mass is 16.5. The van der Waals surface area contributed by atoms with Crippen LogP contribution in [0.5, 0.6) is 0 Å². The van der Waals surface area contributed by atoms with Crippen molar-refractivity contribution >= 4 is 11.9 Å². The average Bonchev–Trinajstić information content (AvgIpc) is 2.63. The van der Waals surface area contributed by atoms with Crippen molar-refractivity contribution in [2.75, 3.05) is 6.61 Å². The average molecular weight is 385 g/mol. The molecule has 1 atom stereocenters. The van der Waals surface area contributed by atoms with Crippen LogP contribution in [0, 0.1) is 5.92 Å². The third-order valence-corrected chi connectivity index (χ3v) is 5.05. The second-order valence-corrected chi connectivity index (χ2v) is 8.05. The topological polar surface area (TPSA) is 52.6 Å². The van der Waals surface area contributed by atoms with E-state index in [1.54, 1.807) is 0 Å². The van der Waals surface area contributed by atoms with E-state index in [-0.39, 0.29) is 36.8 Å². The summed E-state index contributed by atoms with van der Waals surface area (Å²) in [6.07, 6.45) is 15.6. The number of ether oxygens (including phenoxy) is 2. The van der Waals surface area contributed by atoms with Gasteiger partial charge < -0.3 is 9.47 Å². The molecule has 160 valence electrons. The lowest BCUT2D eigenvalue weighted by Crippen LogP contribution is -2.20. The van der Waals surface area contributed by atoms with Gasteiger partial charge in [0, 0.05) is 0 Å². The van der Waals surface area contributed by atoms with Gasteiger partial charge >= 0.3 is 11.9 Å². The van der Waals surface area contributed by atoms with Crippen molar-refractivity contribution in [1.29, 1.82) is 0 Å². The normalized spacial score (nSPS) is 12.2. The fourth-order valence-corrected chi connectivity index (χ4v) is 2.81. The molecule has 0 rings (SSSR count). The Morgan fingerprint density at radius 2 is 1.11 bits per heavy atom. The van der Waals surface area contributed by atoms with Crippen LogP contribution >= 0.6 is 0 Å². The summed E-state index contributed by atoms with van der Waals surface area (Å²) in [5.41, 5.74) is 0. The maximum Gasteiger partial charge on any atom is 0.306 e. The van der Waals surface area contributed by atoms with Gasteiger partial charge in [0.2, 0.25) is 0 Å². The number of carbonyl (C=O) groups is 2. The van der Waals surface area contributed by atoms with Crippen molar-refractivity contribution < 1.29 is 19.1 Å². The molecule has 27 heavy (non-hydrogen) atoms. The minimum atomic E-state index is -0.321. The fourth-order valence-electron chi connectivity index (χ4n) is 2.81. The van der Waals surface area contributed by atoms with Gasteiger partial charge in [-0.1, -0.05) is 91.4 Å². The maximum atomic E-state index is 11.6. The fraction of sp³-hybridized carbons (Fsp3) is 0.913. The SMILES string of the molecule is CCCCCCCCCCCCCCOC(=O)CCC(=O)OC(C)C(C)C. The van der Waals surface area contributed by atoms with E-state index in [2.05, 4.69) is 6.92 Å². The van der Waals surface area contributed by atoms with Gasteiger partial charge in [-0.2, -0.15) is 0 Å². The number of rotatable bonds is 18. The minimum absolute atomic E-state index is 0.105. The molecule has 1 unspecified atom stereocenters. The van der Waals surface area contributed by atoms with Crippen LogP contribution in [-0.2, 0) is 19.1 Å². The van der Waals surface area contributed by atoms with Gasteiger partial charge in [-0.25, -0.2) is 0 Å². The van der Waals surface area contributed by atoms with E-state index in [4.69, 9.17) is 9.47 Å². The van der Waals surface area contributed by atoms with Gasteiger partial charge in [0.05, 0.1) is 19.4 Å². The van der Waals surface area contributed by atoms with Crippen LogP contribution in [0.2, 0.25) is 0 Å². The molecule has 0 aliphatic carbocycles. The molecule has 0 radical (unpaired) electrons. The zero-order valence-corrected chi connectivity index (χ0v) is 18.4. The highest BCUT2D eigenvalue weighted by molar-refractivity contribution is 5.77. The van der Waals surface area contributed by atoms with Gasteiger partial charge in [-0.15, -0.1) is 0 Å². The van der Waals surface area contributed by atoms with Gasteiger partial charge in [0.25, 0.3) is 0 Å². The van der Waals surface area contributed by atoms with Crippen LogP contribution < -0.4 is 0 Å². The van der Waals surface area contributed by atoms with Gasteiger partial charge in [0.1, 0.15) is 6.10 Å². The van der Waals surface area contributed by atoms with E-state index in [0.29, 0.717) is 6.61 Å². The molecule has 0 aromatic carbocycles. The predicted molar refractivity (Wildman–Crippen MR) is 112 cm³/mol. The van der Waals surface area contributed by atoms with Gasteiger partial charge in [-0.05, 0) is 19.3 Å². The quantitative estimate of drug-likeness (QED) is 0.197. The van der Waals surface area contributed by atoms with Crippen LogP contribution in [0.1, 0.15) is 118 Å². The van der Waals surface area contributed by atoms with Crippen LogP contribution in [-0.4, -0.2) is 24.6 Å². The largest absolute Gasteiger partial charge is 0.466 e. The van der Waals surface area contributed by atoms with E-state index >= 15 is 0 Å². The smallest absolute Gasteiger partial charge is 0.306 e. The van der Waals surface area contributed by atoms with Crippen molar-refractivity contribution in [3.05, 3.63) is 0 Å². The van der Waals surface area contributed by atoms with Crippen molar-refractivity contribution in [2.24, 2.45) is 5.92 Å². The molecular weight excluding hydrogens is 340 g/mol. The first-order valence-corrected chi connectivity index (χ1v) is 11.3. The summed E-state index contributed by atoms with van der Waals surface area (Å²) in [6, 6.07) is 0. The summed E-state index contributed by atoms with van der Waals surface area (Å²) in [4.78, 5) is 23.3. The van der Waals surface area contributed by atoms with Crippen molar-refractivity contribution in [1.82, 2.24) is 0 Å². The first kappa shape index (κ1) is 25.9. The predicted octanol–water partition coefficient (Wildman–Crippen LogP) is 6.60. The molecule has 4 heteroatoms. The van der Waals surface area contributed by atoms with E-state index in [1.807, 2.05) is 20.8 Å². The monoisotopic (exact) mass is 384 g/mol. The van der Waals surface area contributed by atoms with Crippen molar-refractivity contribution in [2.45, 2.75) is 124 Å². The molecule has 0 aliphatic heterocycles. The lowest BCUT2D eigenvalue weighted by atomic mass is 10.1.